The first-order chi connectivity index (χ1) is 6.27. The average molecular weight is 180 g/mol. The van der Waals surface area contributed by atoms with E-state index in [-0.39, 0.29) is 6.10 Å². The number of hydrogen-bond donors (Lipinski definition) is 1. The molecule has 0 radical (unpaired) electrons. The van der Waals surface area contributed by atoms with Crippen molar-refractivity contribution < 1.29 is 5.11 Å². The van der Waals surface area contributed by atoms with Crippen LogP contribution in [0.15, 0.2) is 6.33 Å². The SMILES string of the molecule is C[C@@H](O)Cn1cnc2c1CCCC2. The number of aliphatic hydroxyl groups is 1. The zero-order chi connectivity index (χ0) is 9.26. The van der Waals surface area contributed by atoms with Gasteiger partial charge in [0.25, 0.3) is 0 Å². The smallest absolute Gasteiger partial charge is 0.0952 e. The highest BCUT2D eigenvalue weighted by atomic mass is 16.3. The highest BCUT2D eigenvalue weighted by Crippen LogP contribution is 2.19. The van der Waals surface area contributed by atoms with Crippen LogP contribution in [0.3, 0.4) is 0 Å². The van der Waals surface area contributed by atoms with Crippen LogP contribution < -0.4 is 0 Å². The monoisotopic (exact) mass is 180 g/mol. The molecule has 0 aliphatic heterocycles. The molecule has 3 nitrogen and oxygen atoms in total. The second kappa shape index (κ2) is 3.50. The van der Waals surface area contributed by atoms with Crippen molar-refractivity contribution in [3.63, 3.8) is 0 Å². The molecule has 1 heterocycles. The predicted molar refractivity (Wildman–Crippen MR) is 50.5 cm³/mol. The summed E-state index contributed by atoms with van der Waals surface area (Å²) in [5.74, 6) is 0. The molecule has 0 bridgehead atoms. The van der Waals surface area contributed by atoms with Gasteiger partial charge in [-0.25, -0.2) is 4.98 Å². The van der Waals surface area contributed by atoms with Gasteiger partial charge in [0.2, 0.25) is 0 Å². The van der Waals surface area contributed by atoms with Crippen molar-refractivity contribution in [2.24, 2.45) is 0 Å². The molecule has 13 heavy (non-hydrogen) atoms. The van der Waals surface area contributed by atoms with Gasteiger partial charge in [0.05, 0.1) is 18.1 Å². The molecule has 1 aliphatic rings. The van der Waals surface area contributed by atoms with Gasteiger partial charge in [-0.2, -0.15) is 0 Å². The van der Waals surface area contributed by atoms with Gasteiger partial charge >= 0.3 is 0 Å². The number of aromatic nitrogens is 2. The average Bonchev–Trinajstić information content (AvgIpc) is 2.48. The summed E-state index contributed by atoms with van der Waals surface area (Å²) in [6, 6.07) is 0. The quantitative estimate of drug-likeness (QED) is 0.741. The minimum Gasteiger partial charge on any atom is -0.392 e. The molecule has 1 N–H and O–H groups in total. The molecule has 0 saturated carbocycles. The van der Waals surface area contributed by atoms with E-state index in [2.05, 4.69) is 9.55 Å². The van der Waals surface area contributed by atoms with Crippen molar-refractivity contribution in [2.45, 2.75) is 45.3 Å². The van der Waals surface area contributed by atoms with Gasteiger partial charge < -0.3 is 9.67 Å². The van der Waals surface area contributed by atoms with E-state index in [9.17, 15) is 5.11 Å². The first-order valence-corrected chi connectivity index (χ1v) is 4.98. The molecule has 0 aromatic carbocycles. The fourth-order valence-corrected chi connectivity index (χ4v) is 1.97. The Hall–Kier alpha value is -0.830. The summed E-state index contributed by atoms with van der Waals surface area (Å²) in [6.07, 6.45) is 6.35. The second-order valence-electron chi connectivity index (χ2n) is 3.85. The molecular formula is C10H16N2O. The summed E-state index contributed by atoms with van der Waals surface area (Å²) >= 11 is 0. The molecule has 0 amide bonds. The third kappa shape index (κ3) is 1.75. The molecule has 1 aromatic rings. The molecule has 0 fully saturated rings. The fourth-order valence-electron chi connectivity index (χ4n) is 1.97. The van der Waals surface area contributed by atoms with Crippen LogP contribution in [0.5, 0.6) is 0 Å². The number of aryl methyl sites for hydroxylation is 1. The molecule has 1 atom stereocenters. The topological polar surface area (TPSA) is 38.0 Å². The first-order valence-electron chi connectivity index (χ1n) is 4.98. The summed E-state index contributed by atoms with van der Waals surface area (Å²) in [4.78, 5) is 4.36. The number of fused-ring (bicyclic) bond motifs is 1. The summed E-state index contributed by atoms with van der Waals surface area (Å²) < 4.78 is 2.10. The summed E-state index contributed by atoms with van der Waals surface area (Å²) in [5, 5.41) is 9.28. The standard InChI is InChI=1S/C10H16N2O/c1-8(13)6-12-7-11-9-4-2-3-5-10(9)12/h7-8,13H,2-6H2,1H3/t8-/m1/s1. The zero-order valence-corrected chi connectivity index (χ0v) is 8.03. The number of aliphatic hydroxyl groups excluding tert-OH is 1. The van der Waals surface area contributed by atoms with Gasteiger partial charge in [-0.05, 0) is 32.6 Å². The minimum absolute atomic E-state index is 0.278. The summed E-state index contributed by atoms with van der Waals surface area (Å²) in [5.41, 5.74) is 2.58. The van der Waals surface area contributed by atoms with Crippen LogP contribution in [0.1, 0.15) is 31.2 Å². The Balaban J connectivity index is 2.21. The normalized spacial score (nSPS) is 18.3. The highest BCUT2D eigenvalue weighted by molar-refractivity contribution is 5.16. The highest BCUT2D eigenvalue weighted by Gasteiger charge is 2.15. The van der Waals surface area contributed by atoms with E-state index in [1.807, 2.05) is 13.3 Å². The maximum atomic E-state index is 9.28. The summed E-state index contributed by atoms with van der Waals surface area (Å²) in [7, 11) is 0. The third-order valence-electron chi connectivity index (χ3n) is 2.57. The maximum Gasteiger partial charge on any atom is 0.0952 e. The van der Waals surface area contributed by atoms with Gasteiger partial charge in [0.1, 0.15) is 0 Å². The van der Waals surface area contributed by atoms with Crippen molar-refractivity contribution in [3.05, 3.63) is 17.7 Å². The van der Waals surface area contributed by atoms with Gasteiger partial charge in [0.15, 0.2) is 0 Å². The van der Waals surface area contributed by atoms with E-state index >= 15 is 0 Å². The predicted octanol–water partition coefficient (Wildman–Crippen LogP) is 1.14. The third-order valence-corrected chi connectivity index (χ3v) is 2.57. The Morgan fingerprint density at radius 3 is 3.08 bits per heavy atom. The summed E-state index contributed by atoms with van der Waals surface area (Å²) in [6.45, 7) is 2.50. The molecular weight excluding hydrogens is 164 g/mol. The van der Waals surface area contributed by atoms with E-state index in [1.54, 1.807) is 0 Å². The van der Waals surface area contributed by atoms with E-state index in [0.717, 1.165) is 12.8 Å². The molecule has 0 saturated heterocycles. The Kier molecular flexibility index (Phi) is 2.36. The fraction of sp³-hybridized carbons (Fsp3) is 0.700. The van der Waals surface area contributed by atoms with Crippen LogP contribution in [0, 0.1) is 0 Å². The lowest BCUT2D eigenvalue weighted by Gasteiger charge is -2.14. The number of nitrogens with zero attached hydrogens (tertiary/aromatic N) is 2. The van der Waals surface area contributed by atoms with E-state index < -0.39 is 0 Å². The Labute approximate surface area is 78.4 Å². The zero-order valence-electron chi connectivity index (χ0n) is 8.03. The lowest BCUT2D eigenvalue weighted by Crippen LogP contribution is -2.15. The molecule has 72 valence electrons. The van der Waals surface area contributed by atoms with Crippen LogP contribution in [0.2, 0.25) is 0 Å². The molecule has 1 aromatic heterocycles. The van der Waals surface area contributed by atoms with Crippen molar-refractivity contribution in [1.82, 2.24) is 9.55 Å². The van der Waals surface area contributed by atoms with Crippen molar-refractivity contribution in [2.75, 3.05) is 0 Å². The first kappa shape index (κ1) is 8.75. The number of imidazole rings is 1. The van der Waals surface area contributed by atoms with E-state index in [0.29, 0.717) is 6.54 Å². The van der Waals surface area contributed by atoms with Crippen LogP contribution in [-0.2, 0) is 19.4 Å². The Morgan fingerprint density at radius 1 is 1.54 bits per heavy atom. The second-order valence-corrected chi connectivity index (χ2v) is 3.85. The molecule has 0 spiro atoms. The van der Waals surface area contributed by atoms with Crippen molar-refractivity contribution in [3.8, 4) is 0 Å². The van der Waals surface area contributed by atoms with Crippen LogP contribution in [-0.4, -0.2) is 20.8 Å². The largest absolute Gasteiger partial charge is 0.392 e. The number of hydrogen-bond acceptors (Lipinski definition) is 2. The Bertz CT molecular complexity index is 291. The molecule has 2 rings (SSSR count). The lowest BCUT2D eigenvalue weighted by molar-refractivity contribution is 0.172. The van der Waals surface area contributed by atoms with E-state index in [1.165, 1.54) is 24.2 Å². The maximum absolute atomic E-state index is 9.28. The van der Waals surface area contributed by atoms with Gasteiger partial charge in [-0.3, -0.25) is 0 Å². The molecule has 0 unspecified atom stereocenters. The van der Waals surface area contributed by atoms with E-state index in [4.69, 9.17) is 0 Å². The lowest BCUT2D eigenvalue weighted by atomic mass is 10.0. The Morgan fingerprint density at radius 2 is 2.31 bits per heavy atom. The van der Waals surface area contributed by atoms with Gasteiger partial charge in [-0.1, -0.05) is 0 Å². The van der Waals surface area contributed by atoms with Crippen molar-refractivity contribution in [1.29, 1.82) is 0 Å². The molecule has 3 heteroatoms. The van der Waals surface area contributed by atoms with Crippen LogP contribution >= 0.6 is 0 Å². The minimum atomic E-state index is -0.278. The van der Waals surface area contributed by atoms with Gasteiger partial charge in [-0.15, -0.1) is 0 Å². The van der Waals surface area contributed by atoms with Crippen LogP contribution in [0.25, 0.3) is 0 Å². The van der Waals surface area contributed by atoms with Crippen molar-refractivity contribution >= 4 is 0 Å². The molecule has 1 aliphatic carbocycles. The number of rotatable bonds is 2. The van der Waals surface area contributed by atoms with Gasteiger partial charge in [0, 0.05) is 12.2 Å². The van der Waals surface area contributed by atoms with Crippen LogP contribution in [0.4, 0.5) is 0 Å².